The topological polar surface area (TPSA) is 84.7 Å². The van der Waals surface area contributed by atoms with Crippen LogP contribution in [0.15, 0.2) is 59.4 Å². The second kappa shape index (κ2) is 6.70. The van der Waals surface area contributed by atoms with Crippen LogP contribution >= 0.6 is 0 Å². The summed E-state index contributed by atoms with van der Waals surface area (Å²) in [6.07, 6.45) is 4.04. The van der Waals surface area contributed by atoms with Crippen LogP contribution in [0.3, 0.4) is 0 Å². The average molecular weight is 304 g/mol. The number of hydrogen-bond donors (Lipinski definition) is 2. The van der Waals surface area contributed by atoms with E-state index >= 15 is 0 Å². The van der Waals surface area contributed by atoms with E-state index in [1.807, 2.05) is 54.6 Å². The number of rotatable bonds is 4. The Balaban J connectivity index is 1.86. The zero-order valence-electron chi connectivity index (χ0n) is 12.4. The van der Waals surface area contributed by atoms with Crippen molar-refractivity contribution in [3.05, 3.63) is 87.6 Å². The molecule has 0 radical (unpaired) electrons. The maximum absolute atomic E-state index is 11.9. The molecule has 0 saturated heterocycles. The summed E-state index contributed by atoms with van der Waals surface area (Å²) >= 11 is 0. The van der Waals surface area contributed by atoms with Gasteiger partial charge in [-0.3, -0.25) is 4.79 Å². The minimum Gasteiger partial charge on any atom is -0.398 e. The molecule has 1 aromatic heterocycles. The molecule has 0 bridgehead atoms. The minimum absolute atomic E-state index is 0.301. The molecule has 23 heavy (non-hydrogen) atoms. The number of nitrogen functional groups attached to an aromatic ring is 1. The first-order valence-corrected chi connectivity index (χ1v) is 7.24. The third kappa shape index (κ3) is 3.71. The Bertz CT molecular complexity index is 885. The van der Waals surface area contributed by atoms with Crippen molar-refractivity contribution in [3.8, 4) is 0 Å². The highest BCUT2D eigenvalue weighted by Crippen LogP contribution is 2.13. The molecule has 5 heteroatoms. The molecule has 1 heterocycles. The van der Waals surface area contributed by atoms with Crippen LogP contribution in [0, 0.1) is 0 Å². The fourth-order valence-corrected chi connectivity index (χ4v) is 2.19. The van der Waals surface area contributed by atoms with E-state index in [9.17, 15) is 4.79 Å². The number of aromatic amines is 1. The van der Waals surface area contributed by atoms with Crippen molar-refractivity contribution >= 4 is 17.8 Å². The van der Waals surface area contributed by atoms with Gasteiger partial charge >= 0.3 is 0 Å². The fraction of sp³-hybridized carbons (Fsp3) is 0.0556. The van der Waals surface area contributed by atoms with E-state index in [1.165, 1.54) is 0 Å². The van der Waals surface area contributed by atoms with E-state index in [0.717, 1.165) is 11.1 Å². The van der Waals surface area contributed by atoms with Crippen molar-refractivity contribution in [2.24, 2.45) is 0 Å². The Morgan fingerprint density at radius 1 is 1.00 bits per heavy atom. The van der Waals surface area contributed by atoms with Gasteiger partial charge in [-0.1, -0.05) is 54.6 Å². The first kappa shape index (κ1) is 14.7. The number of aromatic nitrogens is 3. The summed E-state index contributed by atoms with van der Waals surface area (Å²) < 4.78 is 0. The van der Waals surface area contributed by atoms with E-state index in [2.05, 4.69) is 15.2 Å². The number of anilines is 1. The van der Waals surface area contributed by atoms with Crippen LogP contribution < -0.4 is 11.3 Å². The highest BCUT2D eigenvalue weighted by atomic mass is 16.1. The third-order valence-electron chi connectivity index (χ3n) is 3.42. The van der Waals surface area contributed by atoms with Crippen molar-refractivity contribution in [2.75, 3.05) is 5.73 Å². The quantitative estimate of drug-likeness (QED) is 0.725. The van der Waals surface area contributed by atoms with Gasteiger partial charge in [0.1, 0.15) is 5.69 Å². The molecule has 0 aliphatic carbocycles. The number of nitrogens with two attached hydrogens (primary N) is 1. The van der Waals surface area contributed by atoms with Crippen molar-refractivity contribution in [2.45, 2.75) is 6.42 Å². The van der Waals surface area contributed by atoms with Gasteiger partial charge in [-0.05, 0) is 23.3 Å². The second-order valence-electron chi connectivity index (χ2n) is 5.09. The molecule has 2 aromatic carbocycles. The number of benzene rings is 2. The molecule has 114 valence electrons. The lowest BCUT2D eigenvalue weighted by Crippen LogP contribution is -2.18. The number of nitrogens with zero attached hydrogens (tertiary/aromatic N) is 2. The van der Waals surface area contributed by atoms with Crippen LogP contribution in [0.5, 0.6) is 0 Å². The minimum atomic E-state index is -0.301. The van der Waals surface area contributed by atoms with E-state index in [0.29, 0.717) is 23.6 Å². The highest BCUT2D eigenvalue weighted by molar-refractivity contribution is 5.66. The van der Waals surface area contributed by atoms with Crippen LogP contribution in [-0.4, -0.2) is 15.2 Å². The van der Waals surface area contributed by atoms with E-state index in [-0.39, 0.29) is 5.56 Å². The average Bonchev–Trinajstić information content (AvgIpc) is 2.58. The Hall–Kier alpha value is -3.21. The number of H-pyrrole nitrogens is 1. The van der Waals surface area contributed by atoms with Crippen molar-refractivity contribution in [1.29, 1.82) is 0 Å². The van der Waals surface area contributed by atoms with Crippen LogP contribution in [0.1, 0.15) is 22.6 Å². The zero-order chi connectivity index (χ0) is 16.1. The highest BCUT2D eigenvalue weighted by Gasteiger charge is 2.07. The van der Waals surface area contributed by atoms with Gasteiger partial charge < -0.3 is 5.73 Å². The van der Waals surface area contributed by atoms with Crippen molar-refractivity contribution < 1.29 is 0 Å². The van der Waals surface area contributed by atoms with Gasteiger partial charge in [0.2, 0.25) is 0 Å². The molecule has 3 aromatic rings. The van der Waals surface area contributed by atoms with Gasteiger partial charge in [0.05, 0.1) is 0 Å². The molecule has 0 saturated carbocycles. The Kier molecular flexibility index (Phi) is 4.29. The Labute approximate surface area is 133 Å². The second-order valence-corrected chi connectivity index (χ2v) is 5.09. The Morgan fingerprint density at radius 3 is 2.52 bits per heavy atom. The largest absolute Gasteiger partial charge is 0.398 e. The van der Waals surface area contributed by atoms with Gasteiger partial charge in [-0.15, -0.1) is 0 Å². The van der Waals surface area contributed by atoms with Crippen molar-refractivity contribution in [3.63, 3.8) is 0 Å². The molecule has 0 unspecified atom stereocenters. The standard InChI is InChI=1S/C18H16N4O/c19-15-9-5-4-8-14(15)12-16-18(23)22-21-17(20-16)11-10-13-6-2-1-3-7-13/h1-11H,12,19H2,(H,22,23)/b11-10+. The van der Waals surface area contributed by atoms with Crippen LogP contribution in [0.25, 0.3) is 12.2 Å². The summed E-state index contributed by atoms with van der Waals surface area (Å²) in [5, 5.41) is 6.44. The van der Waals surface area contributed by atoms with Crippen molar-refractivity contribution in [1.82, 2.24) is 15.2 Å². The Morgan fingerprint density at radius 2 is 1.74 bits per heavy atom. The summed E-state index contributed by atoms with van der Waals surface area (Å²) in [6, 6.07) is 17.3. The van der Waals surface area contributed by atoms with Gasteiger partial charge in [-0.25, -0.2) is 10.1 Å². The summed E-state index contributed by atoms with van der Waals surface area (Å²) in [7, 11) is 0. The molecular weight excluding hydrogens is 288 g/mol. The lowest BCUT2D eigenvalue weighted by atomic mass is 10.1. The molecule has 0 amide bonds. The van der Waals surface area contributed by atoms with E-state index < -0.39 is 0 Å². The normalized spacial score (nSPS) is 11.0. The van der Waals surface area contributed by atoms with Gasteiger partial charge in [0, 0.05) is 12.1 Å². The SMILES string of the molecule is Nc1ccccc1Cc1nc(/C=C/c2ccccc2)n[nH]c1=O. The van der Waals surface area contributed by atoms with Crippen LogP contribution in [0.4, 0.5) is 5.69 Å². The monoisotopic (exact) mass is 304 g/mol. The lowest BCUT2D eigenvalue weighted by molar-refractivity contribution is 0.862. The van der Waals surface area contributed by atoms with E-state index in [1.54, 1.807) is 12.1 Å². The molecule has 0 atom stereocenters. The summed E-state index contributed by atoms with van der Waals surface area (Å²) in [6.45, 7) is 0. The number of hydrogen-bond acceptors (Lipinski definition) is 4. The molecule has 3 N–H and O–H groups in total. The van der Waals surface area contributed by atoms with Gasteiger partial charge in [0.25, 0.3) is 5.56 Å². The molecule has 0 aliphatic heterocycles. The smallest absolute Gasteiger partial charge is 0.286 e. The third-order valence-corrected chi connectivity index (χ3v) is 3.42. The maximum Gasteiger partial charge on any atom is 0.286 e. The van der Waals surface area contributed by atoms with Gasteiger partial charge in [-0.2, -0.15) is 5.10 Å². The molecule has 0 spiro atoms. The number of para-hydroxylation sites is 1. The molecule has 3 rings (SSSR count). The predicted octanol–water partition coefficient (Wildman–Crippen LogP) is 2.51. The maximum atomic E-state index is 11.9. The van der Waals surface area contributed by atoms with Crippen LogP contribution in [-0.2, 0) is 6.42 Å². The first-order chi connectivity index (χ1) is 11.2. The molecule has 0 fully saturated rings. The molecule has 0 aliphatic rings. The van der Waals surface area contributed by atoms with E-state index in [4.69, 9.17) is 5.73 Å². The summed E-state index contributed by atoms with van der Waals surface area (Å²) in [5.74, 6) is 0.456. The first-order valence-electron chi connectivity index (χ1n) is 7.24. The summed E-state index contributed by atoms with van der Waals surface area (Å²) in [4.78, 5) is 16.2. The molecular formula is C18H16N4O. The van der Waals surface area contributed by atoms with Gasteiger partial charge in [0.15, 0.2) is 5.82 Å². The zero-order valence-corrected chi connectivity index (χ0v) is 12.4. The van der Waals surface area contributed by atoms with Crippen LogP contribution in [0.2, 0.25) is 0 Å². The lowest BCUT2D eigenvalue weighted by Gasteiger charge is -2.04. The molecule has 5 nitrogen and oxygen atoms in total. The predicted molar refractivity (Wildman–Crippen MR) is 91.7 cm³/mol. The fourth-order valence-electron chi connectivity index (χ4n) is 2.19. The summed E-state index contributed by atoms with van der Waals surface area (Å²) in [5.41, 5.74) is 8.57. The number of nitrogens with one attached hydrogen (secondary N) is 1.